The topological polar surface area (TPSA) is 474 Å². The van der Waals surface area contributed by atoms with E-state index in [1.165, 1.54) is 52.0 Å². The van der Waals surface area contributed by atoms with Crippen molar-refractivity contribution in [3.8, 4) is 5.75 Å². The highest BCUT2D eigenvalue weighted by atomic mass is 16.4. The Balaban J connectivity index is 1.38. The Labute approximate surface area is 642 Å². The Morgan fingerprint density at radius 1 is 0.673 bits per heavy atom. The summed E-state index contributed by atoms with van der Waals surface area (Å²) in [7, 11) is 0. The number of phenols is 1. The van der Waals surface area contributed by atoms with Crippen LogP contribution in [0.25, 0.3) is 10.9 Å². The number of H-pyrrole nitrogens is 1. The first kappa shape index (κ1) is 89.5. The van der Waals surface area contributed by atoms with Gasteiger partial charge >= 0.3 is 5.97 Å². The minimum Gasteiger partial charge on any atom is -0.508 e. The molecule has 4 aromatic rings. The molecule has 30 heteroatoms. The molecule has 1 aliphatic heterocycles. The van der Waals surface area contributed by atoms with Gasteiger partial charge in [0.05, 0.1) is 60.4 Å². The Morgan fingerprint density at radius 3 is 1.96 bits per heavy atom. The number of carboxylic acid groups (broad SMARTS) is 1. The average molecular weight is 1530 g/mol. The van der Waals surface area contributed by atoms with Crippen molar-refractivity contribution in [3.63, 3.8) is 0 Å². The van der Waals surface area contributed by atoms with Crippen molar-refractivity contribution < 1.29 is 82.4 Å². The van der Waals surface area contributed by atoms with Gasteiger partial charge in [0, 0.05) is 36.9 Å². The van der Waals surface area contributed by atoms with Crippen LogP contribution in [0.4, 0.5) is 0 Å². The number of aromatic amines is 1. The summed E-state index contributed by atoms with van der Waals surface area (Å²) >= 11 is 0. The molecular formula is C80H113N13O17. The number of aromatic nitrogens is 1. The largest absolute Gasteiger partial charge is 0.508 e. The molecule has 2 heterocycles. The summed E-state index contributed by atoms with van der Waals surface area (Å²) in [5.74, 6) is -11.8. The van der Waals surface area contributed by atoms with Gasteiger partial charge in [0.15, 0.2) is 17.3 Å². The first-order valence-electron chi connectivity index (χ1n) is 38.2. The molecule has 1 aliphatic carbocycles. The summed E-state index contributed by atoms with van der Waals surface area (Å²) in [5, 5.41) is 45.6. The normalized spacial score (nSPS) is 24.4. The van der Waals surface area contributed by atoms with E-state index in [1.807, 2.05) is 24.3 Å². The lowest BCUT2D eigenvalue weighted by Crippen LogP contribution is -2.65. The summed E-state index contributed by atoms with van der Waals surface area (Å²) in [6.07, 6.45) is 8.68. The molecule has 600 valence electrons. The van der Waals surface area contributed by atoms with Crippen molar-refractivity contribution in [2.45, 2.75) is 261 Å². The summed E-state index contributed by atoms with van der Waals surface area (Å²) < 4.78 is 0. The van der Waals surface area contributed by atoms with E-state index in [2.05, 4.69) is 64.1 Å². The van der Waals surface area contributed by atoms with Crippen LogP contribution in [0.1, 0.15) is 187 Å². The number of Topliss-reactive ketones (excluding diaryl/α,β-unsaturated/α-hetero) is 7. The molecule has 30 nitrogen and oxygen atoms in total. The lowest BCUT2D eigenvalue weighted by Gasteiger charge is -2.33. The van der Waals surface area contributed by atoms with Gasteiger partial charge in [-0.05, 0) is 158 Å². The summed E-state index contributed by atoms with van der Waals surface area (Å²) in [5.41, 5.74) is 22.2. The molecule has 2 aliphatic rings. The number of allylic oxidation sites excluding steroid dienone is 2. The summed E-state index contributed by atoms with van der Waals surface area (Å²) in [4.78, 5) is 199. The Bertz CT molecular complexity index is 3840. The standard InChI is InChI=1S/C80H113N13O17/c1-48(2)39-63(84-51(5)96)76(108)86-71(50(4)95)74(106)72(104)62(40-52-23-16-15-17-24-52)92-93-80(7)38-21-14-12-10-8-9-11-13-20-37-79(6,47-94)87-78(110)65(41-53-25-22-26-53)91-88-59(33-35-69(81)101)68(100)46-82-49(3)66(98)44-67(99)61(43-55-45-83-58-28-19-18-27-57(55)58)89-90-64(42-54-29-31-56(97)32-30-54)77(109)85-60(34-36-70(102)103)73(105)75(80)107/h9,11,15-19,23-24,27-32,45,47-50,53,59-65,71,82-83,88-93,95,97H,8,10,12-14,20-22,25-26,33-44,46H2,1-7H3,(H2,81,101)(H,84,96)(H,85,109)(H,86,108)(H,87,110)(H,102,103)/b11-9+/t49-,50+,59-,60-,61-,62-,63-,64-,65-,71-,79-,80+/m0/s1. The molecule has 0 spiro atoms. The number of phenolic OH excluding ortho intramolecular Hbond substituents is 1. The van der Waals surface area contributed by atoms with E-state index in [0.29, 0.717) is 73.4 Å². The van der Waals surface area contributed by atoms with Gasteiger partial charge in [-0.3, -0.25) is 62.3 Å². The maximum Gasteiger partial charge on any atom is 0.303 e. The third kappa shape index (κ3) is 29.1. The first-order valence-corrected chi connectivity index (χ1v) is 38.2. The van der Waals surface area contributed by atoms with Crippen LogP contribution in [0.3, 0.4) is 0 Å². The number of carbonyl (C=O) groups excluding carboxylic acids is 13. The highest BCUT2D eigenvalue weighted by Gasteiger charge is 2.44. The van der Waals surface area contributed by atoms with E-state index in [0.717, 1.165) is 24.6 Å². The number of aldehydes is 1. The molecule has 5 amide bonds. The number of carboxylic acids is 1. The van der Waals surface area contributed by atoms with Gasteiger partial charge in [-0.2, -0.15) is 0 Å². The molecule has 0 saturated heterocycles. The number of benzene rings is 3. The van der Waals surface area contributed by atoms with Crippen molar-refractivity contribution in [1.82, 2.24) is 64.1 Å². The number of hydrogen-bond donors (Lipinski definition) is 16. The van der Waals surface area contributed by atoms with Crippen LogP contribution >= 0.6 is 0 Å². The molecule has 110 heavy (non-hydrogen) atoms. The number of nitrogens with one attached hydrogen (secondary N) is 12. The average Bonchev–Trinajstić information content (AvgIpc) is 1.05. The molecule has 1 fully saturated rings. The number of aliphatic carboxylic acids is 1. The molecule has 1 aromatic heterocycles. The number of fused-ring (bicyclic) bond motifs is 1. The van der Waals surface area contributed by atoms with Gasteiger partial charge in [-0.25, -0.2) is 32.6 Å². The number of para-hydroxylation sites is 1. The third-order valence-electron chi connectivity index (χ3n) is 20.2. The number of nitrogens with two attached hydrogens (primary N) is 1. The number of rotatable bonds is 27. The quantitative estimate of drug-likeness (QED) is 0.0133. The monoisotopic (exact) mass is 1530 g/mol. The summed E-state index contributed by atoms with van der Waals surface area (Å²) in [6.45, 7) is 10.0. The van der Waals surface area contributed by atoms with E-state index < -0.39 is 173 Å². The Morgan fingerprint density at radius 2 is 1.32 bits per heavy atom. The molecule has 0 bridgehead atoms. The van der Waals surface area contributed by atoms with Crippen LogP contribution in [-0.2, 0) is 86.4 Å². The fourth-order valence-electron chi connectivity index (χ4n) is 13.2. The fourth-order valence-corrected chi connectivity index (χ4v) is 13.2. The van der Waals surface area contributed by atoms with Crippen LogP contribution in [0.15, 0.2) is 97.2 Å². The maximum atomic E-state index is 15.4. The Hall–Kier alpha value is -9.40. The van der Waals surface area contributed by atoms with Gasteiger partial charge < -0.3 is 57.4 Å². The third-order valence-corrected chi connectivity index (χ3v) is 20.2. The predicted molar refractivity (Wildman–Crippen MR) is 410 cm³/mol. The highest BCUT2D eigenvalue weighted by molar-refractivity contribution is 6.43. The van der Waals surface area contributed by atoms with E-state index in [9.17, 15) is 68.1 Å². The lowest BCUT2D eigenvalue weighted by molar-refractivity contribution is -0.144. The van der Waals surface area contributed by atoms with Gasteiger partial charge in [0.25, 0.3) is 0 Å². The molecule has 12 atom stereocenters. The zero-order valence-electron chi connectivity index (χ0n) is 64.1. The van der Waals surface area contributed by atoms with Gasteiger partial charge in [0.2, 0.25) is 52.7 Å². The van der Waals surface area contributed by atoms with E-state index in [4.69, 9.17) is 5.73 Å². The number of amides is 5. The molecule has 17 N–H and O–H groups in total. The van der Waals surface area contributed by atoms with Crippen LogP contribution in [0.2, 0.25) is 0 Å². The minimum atomic E-state index is -2.02. The maximum absolute atomic E-state index is 15.4. The van der Waals surface area contributed by atoms with Crippen LogP contribution < -0.4 is 64.9 Å². The first-order chi connectivity index (χ1) is 52.3. The van der Waals surface area contributed by atoms with Crippen molar-refractivity contribution >= 4 is 93.2 Å². The van der Waals surface area contributed by atoms with E-state index in [-0.39, 0.29) is 75.4 Å². The van der Waals surface area contributed by atoms with Crippen LogP contribution in [0.5, 0.6) is 5.75 Å². The summed E-state index contributed by atoms with van der Waals surface area (Å²) in [6, 6.07) is 8.97. The lowest BCUT2D eigenvalue weighted by atomic mass is 9.80. The minimum absolute atomic E-state index is 0.0946. The van der Waals surface area contributed by atoms with Crippen LogP contribution in [-0.4, -0.2) is 181 Å². The van der Waals surface area contributed by atoms with Gasteiger partial charge in [-0.1, -0.05) is 125 Å². The molecule has 0 radical (unpaired) electrons. The van der Waals surface area contributed by atoms with E-state index in [1.54, 1.807) is 69.4 Å². The fraction of sp³-hybridized carbons (Fsp3) is 0.550. The molecule has 6 rings (SSSR count). The van der Waals surface area contributed by atoms with Gasteiger partial charge in [0.1, 0.15) is 36.2 Å². The van der Waals surface area contributed by atoms with Crippen molar-refractivity contribution in [2.75, 3.05) is 6.54 Å². The van der Waals surface area contributed by atoms with Crippen molar-refractivity contribution in [1.29, 1.82) is 0 Å². The van der Waals surface area contributed by atoms with Crippen molar-refractivity contribution in [3.05, 3.63) is 114 Å². The smallest absolute Gasteiger partial charge is 0.303 e. The van der Waals surface area contributed by atoms with Gasteiger partial charge in [-0.15, -0.1) is 0 Å². The number of carbonyl (C=O) groups is 14. The van der Waals surface area contributed by atoms with Crippen molar-refractivity contribution in [2.24, 2.45) is 17.6 Å². The number of aliphatic hydroxyl groups is 1. The number of aliphatic hydroxyl groups excluding tert-OH is 1. The number of hydrazine groups is 3. The number of aromatic hydroxyl groups is 1. The number of ketones is 7. The zero-order valence-corrected chi connectivity index (χ0v) is 64.1. The number of hydrogen-bond acceptors (Lipinski definition) is 23. The van der Waals surface area contributed by atoms with E-state index >= 15 is 14.4 Å². The highest BCUT2D eigenvalue weighted by Crippen LogP contribution is 2.31. The molecule has 1 saturated carbocycles. The van der Waals surface area contributed by atoms with Crippen LogP contribution in [0, 0.1) is 11.8 Å². The second-order valence-corrected chi connectivity index (χ2v) is 30.1. The number of primary amides is 1. The molecular weight excluding hydrogens is 1410 g/mol. The Kier molecular flexibility index (Phi) is 36.2. The molecule has 3 aromatic carbocycles. The predicted octanol–water partition coefficient (Wildman–Crippen LogP) is 3.51. The second kappa shape index (κ2) is 44.4. The molecule has 0 unspecified atom stereocenters. The second-order valence-electron chi connectivity index (χ2n) is 30.1. The SMILES string of the molecule is CC(=O)N[C@@H](CC(C)C)C(=O)N[C@H](C(=O)C(=O)[C@H](Cc1ccccc1)NN[C@]1(C)CCCCCC/C=C/CCC[C@@](C)(C=O)NC(=O)[C@H](CC2CCC2)NN[C@@H](CCC(N)=O)C(=O)CN[C@@H](C)C(=O)CC(=O)[C@H](Cc2c[nH]c3ccccc23)NN[C@@H](Cc2ccc(O)cc2)C(=O)N[C@@H](CCC(=O)O)C(=O)C1=O)[C@@H](C)O. The zero-order chi connectivity index (χ0) is 80.7.